The number of ketones is 3. The van der Waals surface area contributed by atoms with Crippen molar-refractivity contribution in [2.45, 2.75) is 85.0 Å². The molecule has 0 radical (unpaired) electrons. The minimum absolute atomic E-state index is 0.00209. The highest BCUT2D eigenvalue weighted by molar-refractivity contribution is 7.85. The zero-order chi connectivity index (χ0) is 26.0. The van der Waals surface area contributed by atoms with Crippen molar-refractivity contribution in [3.8, 4) is 0 Å². The average Bonchev–Trinajstić information content (AvgIpc) is 3.09. The summed E-state index contributed by atoms with van der Waals surface area (Å²) in [6.45, 7) is 5.64. The molecule has 0 bridgehead atoms. The smallest absolute Gasteiger partial charge is 0.305 e. The quantitative estimate of drug-likeness (QED) is 0.402. The van der Waals surface area contributed by atoms with Crippen LogP contribution in [0.5, 0.6) is 0 Å². The molecule has 1 N–H and O–H groups in total. The van der Waals surface area contributed by atoms with Crippen molar-refractivity contribution in [3.05, 3.63) is 0 Å². The van der Waals surface area contributed by atoms with Crippen LogP contribution in [0.1, 0.15) is 85.0 Å². The summed E-state index contributed by atoms with van der Waals surface area (Å²) in [5.74, 6) is -0.515. The highest BCUT2D eigenvalue weighted by Gasteiger charge is 2.60. The predicted molar refractivity (Wildman–Crippen MR) is 129 cm³/mol. The van der Waals surface area contributed by atoms with E-state index in [1.807, 2.05) is 20.8 Å². The van der Waals surface area contributed by atoms with Crippen LogP contribution in [-0.2, 0) is 34.0 Å². The summed E-state index contributed by atoms with van der Waals surface area (Å²) in [6.07, 6.45) is 5.48. The molecule has 0 aromatic heterocycles. The summed E-state index contributed by atoms with van der Waals surface area (Å²) in [6, 6.07) is 0. The van der Waals surface area contributed by atoms with E-state index in [0.29, 0.717) is 32.1 Å². The molecule has 0 aliphatic heterocycles. The monoisotopic (exact) mass is 512 g/mol. The van der Waals surface area contributed by atoms with Crippen LogP contribution in [0, 0.1) is 40.9 Å². The van der Waals surface area contributed by atoms with Crippen LogP contribution in [0.25, 0.3) is 0 Å². The molecule has 0 aromatic rings. The number of hydrogen-bond acceptors (Lipinski definition) is 7. The molecule has 35 heavy (non-hydrogen) atoms. The average molecular weight is 513 g/mol. The summed E-state index contributed by atoms with van der Waals surface area (Å²) in [4.78, 5) is 51.3. The van der Waals surface area contributed by atoms with Gasteiger partial charge in [-0.15, -0.1) is 0 Å². The van der Waals surface area contributed by atoms with Crippen LogP contribution >= 0.6 is 0 Å². The zero-order valence-electron chi connectivity index (χ0n) is 21.2. The number of fused-ring (bicyclic) bond motifs is 3. The van der Waals surface area contributed by atoms with Gasteiger partial charge in [-0.25, -0.2) is 0 Å². The lowest BCUT2D eigenvalue weighted by Gasteiger charge is -2.48. The molecular formula is C26H40O8S. The molecule has 0 spiro atoms. The van der Waals surface area contributed by atoms with Crippen molar-refractivity contribution in [3.63, 3.8) is 0 Å². The number of hydrogen-bond donors (Lipinski definition) is 1. The molecule has 7 atom stereocenters. The number of esters is 1. The second-order valence-corrected chi connectivity index (χ2v) is 13.0. The molecule has 9 heteroatoms. The third-order valence-electron chi connectivity index (χ3n) is 8.94. The Kier molecular flexibility index (Phi) is 8.95. The van der Waals surface area contributed by atoms with Crippen LogP contribution in [0.4, 0.5) is 0 Å². The first-order valence-electron chi connectivity index (χ1n) is 13.0. The third kappa shape index (κ3) is 6.59. The van der Waals surface area contributed by atoms with Gasteiger partial charge in [0.1, 0.15) is 29.7 Å². The van der Waals surface area contributed by atoms with Gasteiger partial charge in [-0.3, -0.25) is 23.7 Å². The summed E-state index contributed by atoms with van der Waals surface area (Å²) < 4.78 is 35.2. The van der Waals surface area contributed by atoms with E-state index in [4.69, 9.17) is 9.29 Å². The molecule has 8 nitrogen and oxygen atoms in total. The second kappa shape index (κ2) is 11.2. The van der Waals surface area contributed by atoms with E-state index in [-0.39, 0.29) is 65.9 Å². The molecule has 3 fully saturated rings. The normalized spacial score (nSPS) is 35.2. The van der Waals surface area contributed by atoms with Crippen LogP contribution < -0.4 is 0 Å². The fourth-order valence-corrected chi connectivity index (χ4v) is 7.54. The van der Waals surface area contributed by atoms with Crippen molar-refractivity contribution < 1.29 is 36.9 Å². The Morgan fingerprint density at radius 3 is 2.54 bits per heavy atom. The van der Waals surface area contributed by atoms with E-state index >= 15 is 0 Å². The van der Waals surface area contributed by atoms with Gasteiger partial charge in [0.25, 0.3) is 10.1 Å². The van der Waals surface area contributed by atoms with E-state index in [0.717, 1.165) is 25.7 Å². The first-order chi connectivity index (χ1) is 16.3. The van der Waals surface area contributed by atoms with Gasteiger partial charge < -0.3 is 4.74 Å². The van der Waals surface area contributed by atoms with E-state index in [9.17, 15) is 27.6 Å². The van der Waals surface area contributed by atoms with Gasteiger partial charge in [0.2, 0.25) is 0 Å². The lowest BCUT2D eigenvalue weighted by molar-refractivity contribution is -0.148. The standard InChI is InChI=1S/C26H40O8S/c1-16-13-19(27)6-4-5-18-15-23(29)26(3)20(8-9-21(26)25(18)22(28)14-16)17(2)7-10-24(30)34-11-12-35(31,32)33/h16-18,20-21,25H,4-15H2,1-3H3,(H,31,32,33)/t16-,17+,18-,20+,21-,25+,26+/m0/s1. The van der Waals surface area contributed by atoms with Gasteiger partial charge in [0.15, 0.2) is 0 Å². The maximum atomic E-state index is 13.6. The summed E-state index contributed by atoms with van der Waals surface area (Å²) in [5, 5.41) is 0. The number of carbonyl (C=O) groups excluding carboxylic acids is 4. The lowest BCUT2D eigenvalue weighted by Crippen LogP contribution is -2.51. The van der Waals surface area contributed by atoms with Gasteiger partial charge in [0.05, 0.1) is 0 Å². The Morgan fingerprint density at radius 1 is 1.14 bits per heavy atom. The Balaban J connectivity index is 1.69. The Hall–Kier alpha value is -1.61. The third-order valence-corrected chi connectivity index (χ3v) is 9.62. The number of ether oxygens (including phenoxy) is 1. The molecule has 0 aromatic carbocycles. The van der Waals surface area contributed by atoms with Gasteiger partial charge >= 0.3 is 5.97 Å². The molecule has 0 heterocycles. The van der Waals surface area contributed by atoms with E-state index in [2.05, 4.69) is 0 Å². The van der Waals surface area contributed by atoms with E-state index in [1.165, 1.54) is 0 Å². The predicted octanol–water partition coefficient (Wildman–Crippen LogP) is 3.81. The molecule has 3 aliphatic rings. The molecule has 0 amide bonds. The van der Waals surface area contributed by atoms with Crippen LogP contribution in [-0.4, -0.2) is 48.6 Å². The molecule has 0 saturated heterocycles. The number of carbonyl (C=O) groups is 4. The van der Waals surface area contributed by atoms with Crippen LogP contribution in [0.15, 0.2) is 0 Å². The Bertz CT molecular complexity index is 941. The van der Waals surface area contributed by atoms with Gasteiger partial charge in [0, 0.05) is 43.4 Å². The van der Waals surface area contributed by atoms with Crippen molar-refractivity contribution in [2.24, 2.45) is 40.9 Å². The maximum Gasteiger partial charge on any atom is 0.305 e. The topological polar surface area (TPSA) is 132 Å². The van der Waals surface area contributed by atoms with Crippen molar-refractivity contribution in [1.82, 2.24) is 0 Å². The minimum Gasteiger partial charge on any atom is -0.464 e. The van der Waals surface area contributed by atoms with Crippen molar-refractivity contribution in [1.29, 1.82) is 0 Å². The molecule has 198 valence electrons. The van der Waals surface area contributed by atoms with Crippen LogP contribution in [0.2, 0.25) is 0 Å². The van der Waals surface area contributed by atoms with Crippen LogP contribution in [0.3, 0.4) is 0 Å². The molecule has 0 unspecified atom stereocenters. The molecule has 3 aliphatic carbocycles. The largest absolute Gasteiger partial charge is 0.464 e. The first kappa shape index (κ1) is 28.0. The fraction of sp³-hybridized carbons (Fsp3) is 0.846. The highest BCUT2D eigenvalue weighted by Crippen LogP contribution is 2.60. The Morgan fingerprint density at radius 2 is 1.86 bits per heavy atom. The molecule has 3 rings (SSSR count). The molecular weight excluding hydrogens is 472 g/mol. The fourth-order valence-electron chi connectivity index (χ4n) is 7.24. The maximum absolute atomic E-state index is 13.6. The number of rotatable bonds is 7. The Labute approximate surface area is 208 Å². The van der Waals surface area contributed by atoms with Gasteiger partial charge in [-0.2, -0.15) is 8.42 Å². The van der Waals surface area contributed by atoms with Crippen molar-refractivity contribution >= 4 is 33.4 Å². The highest BCUT2D eigenvalue weighted by atomic mass is 32.2. The van der Waals surface area contributed by atoms with Gasteiger partial charge in [-0.05, 0) is 61.7 Å². The lowest BCUT2D eigenvalue weighted by atomic mass is 9.53. The van der Waals surface area contributed by atoms with Gasteiger partial charge in [-0.1, -0.05) is 20.8 Å². The molecule has 3 saturated carbocycles. The summed E-state index contributed by atoms with van der Waals surface area (Å²) in [7, 11) is -4.18. The van der Waals surface area contributed by atoms with Crippen molar-refractivity contribution in [2.75, 3.05) is 12.4 Å². The van der Waals surface area contributed by atoms with E-state index < -0.39 is 27.3 Å². The van der Waals surface area contributed by atoms with E-state index in [1.54, 1.807) is 0 Å². The summed E-state index contributed by atoms with van der Waals surface area (Å²) >= 11 is 0. The second-order valence-electron chi connectivity index (χ2n) is 11.4. The number of Topliss-reactive ketones (excluding diaryl/α,β-unsaturated/α-hetero) is 3. The zero-order valence-corrected chi connectivity index (χ0v) is 22.0. The first-order valence-corrected chi connectivity index (χ1v) is 14.6. The summed E-state index contributed by atoms with van der Waals surface area (Å²) in [5.41, 5.74) is -0.603. The SMILES string of the molecule is C[C@H]1CC(=O)CCC[C@H]2CC(=O)[C@]3(C)[C@@H]([C@H](C)CCC(=O)OCCS(=O)(=O)O)CC[C@H]3[C@@H]2C(=O)C1. The minimum atomic E-state index is -4.18.